The van der Waals surface area contributed by atoms with Crippen molar-refractivity contribution in [3.8, 4) is 11.5 Å². The minimum atomic E-state index is -0.228. The maximum atomic E-state index is 12.5. The molecule has 2 heterocycles. The summed E-state index contributed by atoms with van der Waals surface area (Å²) < 4.78 is 16.2. The second kappa shape index (κ2) is 6.31. The maximum absolute atomic E-state index is 12.5. The number of benzene rings is 1. The molecule has 0 bridgehead atoms. The van der Waals surface area contributed by atoms with Crippen molar-refractivity contribution >= 4 is 16.8 Å². The van der Waals surface area contributed by atoms with E-state index in [1.54, 1.807) is 26.4 Å². The molecule has 0 saturated carbocycles. The summed E-state index contributed by atoms with van der Waals surface area (Å²) in [6.45, 7) is 3.75. The zero-order chi connectivity index (χ0) is 17.3. The minimum absolute atomic E-state index is 0.214. The molecular weight excluding hydrogens is 308 g/mol. The Balaban J connectivity index is 1.87. The van der Waals surface area contributed by atoms with Crippen molar-refractivity contribution < 1.29 is 18.7 Å². The standard InChI is InChI=1S/C18H20N2O4/c1-10-5-6-15(24-10)11(2)19-18(21)14-8-12-7-13(22-3)9-16(23-4)17(12)20-14/h5-9,11,20H,1-4H3,(H,19,21). The molecule has 0 aliphatic carbocycles. The molecule has 0 aliphatic rings. The highest BCUT2D eigenvalue weighted by Gasteiger charge is 2.17. The number of methoxy groups -OCH3 is 2. The van der Waals surface area contributed by atoms with Gasteiger partial charge >= 0.3 is 0 Å². The summed E-state index contributed by atoms with van der Waals surface area (Å²) in [6.07, 6.45) is 0. The third-order valence-electron chi connectivity index (χ3n) is 3.90. The van der Waals surface area contributed by atoms with Crippen LogP contribution in [0.25, 0.3) is 10.9 Å². The van der Waals surface area contributed by atoms with Crippen LogP contribution in [-0.4, -0.2) is 25.1 Å². The Morgan fingerprint density at radius 1 is 1.21 bits per heavy atom. The molecule has 3 aromatic rings. The van der Waals surface area contributed by atoms with E-state index in [-0.39, 0.29) is 11.9 Å². The van der Waals surface area contributed by atoms with E-state index < -0.39 is 0 Å². The van der Waals surface area contributed by atoms with Gasteiger partial charge in [0, 0.05) is 11.5 Å². The van der Waals surface area contributed by atoms with Gasteiger partial charge in [-0.2, -0.15) is 0 Å². The molecule has 0 aliphatic heterocycles. The molecule has 6 nitrogen and oxygen atoms in total. The molecular formula is C18H20N2O4. The third kappa shape index (κ3) is 2.95. The van der Waals surface area contributed by atoms with Gasteiger partial charge < -0.3 is 24.2 Å². The molecule has 0 saturated heterocycles. The molecule has 24 heavy (non-hydrogen) atoms. The molecule has 0 spiro atoms. The first kappa shape index (κ1) is 16.0. The van der Waals surface area contributed by atoms with Gasteiger partial charge in [0.05, 0.1) is 25.8 Å². The fourth-order valence-corrected chi connectivity index (χ4v) is 2.62. The largest absolute Gasteiger partial charge is 0.497 e. The van der Waals surface area contributed by atoms with E-state index >= 15 is 0 Å². The second-order valence-electron chi connectivity index (χ2n) is 5.62. The molecule has 0 fully saturated rings. The lowest BCUT2D eigenvalue weighted by atomic mass is 10.2. The first-order valence-corrected chi connectivity index (χ1v) is 7.63. The molecule has 1 aromatic carbocycles. The number of amides is 1. The van der Waals surface area contributed by atoms with Crippen molar-refractivity contribution in [1.29, 1.82) is 0 Å². The average Bonchev–Trinajstić information content (AvgIpc) is 3.19. The SMILES string of the molecule is COc1cc(OC)c2[nH]c(C(=O)NC(C)c3ccc(C)o3)cc2c1. The van der Waals surface area contributed by atoms with E-state index in [0.717, 1.165) is 22.4 Å². The first-order valence-electron chi connectivity index (χ1n) is 7.63. The van der Waals surface area contributed by atoms with Gasteiger partial charge in [0.25, 0.3) is 5.91 Å². The van der Waals surface area contributed by atoms with Crippen LogP contribution >= 0.6 is 0 Å². The molecule has 1 unspecified atom stereocenters. The summed E-state index contributed by atoms with van der Waals surface area (Å²) in [5.74, 6) is 2.61. The molecule has 126 valence electrons. The number of aromatic nitrogens is 1. The predicted molar refractivity (Wildman–Crippen MR) is 90.7 cm³/mol. The van der Waals surface area contributed by atoms with Crippen LogP contribution in [0.2, 0.25) is 0 Å². The summed E-state index contributed by atoms with van der Waals surface area (Å²) in [5.41, 5.74) is 1.21. The van der Waals surface area contributed by atoms with Crippen molar-refractivity contribution in [3.05, 3.63) is 47.5 Å². The number of furan rings is 1. The van der Waals surface area contributed by atoms with Gasteiger partial charge in [0.15, 0.2) is 0 Å². The van der Waals surface area contributed by atoms with Gasteiger partial charge in [-0.3, -0.25) is 4.79 Å². The number of aryl methyl sites for hydroxylation is 1. The lowest BCUT2D eigenvalue weighted by Gasteiger charge is -2.10. The van der Waals surface area contributed by atoms with Crippen LogP contribution in [-0.2, 0) is 0 Å². The third-order valence-corrected chi connectivity index (χ3v) is 3.90. The second-order valence-corrected chi connectivity index (χ2v) is 5.62. The fourth-order valence-electron chi connectivity index (χ4n) is 2.62. The Morgan fingerprint density at radius 3 is 2.62 bits per heavy atom. The molecule has 0 radical (unpaired) electrons. The first-order chi connectivity index (χ1) is 11.5. The molecule has 1 amide bonds. The van der Waals surface area contributed by atoms with Crippen LogP contribution < -0.4 is 14.8 Å². The van der Waals surface area contributed by atoms with E-state index in [9.17, 15) is 4.79 Å². The van der Waals surface area contributed by atoms with Gasteiger partial charge in [0.1, 0.15) is 28.7 Å². The summed E-state index contributed by atoms with van der Waals surface area (Å²) in [6, 6.07) is 8.90. The Kier molecular flexibility index (Phi) is 4.20. The van der Waals surface area contributed by atoms with Crippen molar-refractivity contribution in [1.82, 2.24) is 10.3 Å². The number of H-pyrrole nitrogens is 1. The number of aromatic amines is 1. The Hall–Kier alpha value is -2.89. The van der Waals surface area contributed by atoms with Gasteiger partial charge in [-0.15, -0.1) is 0 Å². The van der Waals surface area contributed by atoms with Crippen LogP contribution in [0.4, 0.5) is 0 Å². The quantitative estimate of drug-likeness (QED) is 0.750. The van der Waals surface area contributed by atoms with E-state index in [2.05, 4.69) is 10.3 Å². The van der Waals surface area contributed by atoms with Crippen molar-refractivity contribution in [2.24, 2.45) is 0 Å². The zero-order valence-corrected chi connectivity index (χ0v) is 14.1. The van der Waals surface area contributed by atoms with Crippen LogP contribution in [0.1, 0.15) is 35.0 Å². The molecule has 3 rings (SSSR count). The van der Waals surface area contributed by atoms with E-state index in [4.69, 9.17) is 13.9 Å². The smallest absolute Gasteiger partial charge is 0.268 e. The van der Waals surface area contributed by atoms with Crippen LogP contribution in [0.5, 0.6) is 11.5 Å². The van der Waals surface area contributed by atoms with Gasteiger partial charge in [-0.25, -0.2) is 0 Å². The number of carbonyl (C=O) groups excluding carboxylic acids is 1. The summed E-state index contributed by atoms with van der Waals surface area (Å²) >= 11 is 0. The molecule has 2 N–H and O–H groups in total. The summed E-state index contributed by atoms with van der Waals surface area (Å²) in [7, 11) is 3.17. The lowest BCUT2D eigenvalue weighted by Crippen LogP contribution is -2.26. The highest BCUT2D eigenvalue weighted by molar-refractivity contribution is 6.00. The number of rotatable bonds is 5. The van der Waals surface area contributed by atoms with E-state index in [0.29, 0.717) is 17.2 Å². The number of hydrogen-bond donors (Lipinski definition) is 2. The Labute approximate surface area is 139 Å². The zero-order valence-electron chi connectivity index (χ0n) is 14.1. The summed E-state index contributed by atoms with van der Waals surface area (Å²) in [4.78, 5) is 15.6. The Morgan fingerprint density at radius 2 is 2.00 bits per heavy atom. The van der Waals surface area contributed by atoms with Crippen molar-refractivity contribution in [2.75, 3.05) is 14.2 Å². The highest BCUT2D eigenvalue weighted by atomic mass is 16.5. The van der Waals surface area contributed by atoms with Crippen LogP contribution in [0, 0.1) is 6.92 Å². The van der Waals surface area contributed by atoms with E-state index in [1.807, 2.05) is 32.0 Å². The normalized spacial score (nSPS) is 12.2. The van der Waals surface area contributed by atoms with Crippen LogP contribution in [0.15, 0.2) is 34.7 Å². The number of nitrogens with one attached hydrogen (secondary N) is 2. The topological polar surface area (TPSA) is 76.5 Å². The molecule has 1 atom stereocenters. The number of ether oxygens (including phenoxy) is 2. The van der Waals surface area contributed by atoms with Gasteiger partial charge in [0.2, 0.25) is 0 Å². The molecule has 6 heteroatoms. The average molecular weight is 328 g/mol. The Bertz CT molecular complexity index is 878. The lowest BCUT2D eigenvalue weighted by molar-refractivity contribution is 0.0931. The predicted octanol–water partition coefficient (Wildman–Crippen LogP) is 3.58. The molecule has 2 aromatic heterocycles. The van der Waals surface area contributed by atoms with Gasteiger partial charge in [-0.05, 0) is 38.1 Å². The van der Waals surface area contributed by atoms with E-state index in [1.165, 1.54) is 0 Å². The maximum Gasteiger partial charge on any atom is 0.268 e. The fraction of sp³-hybridized carbons (Fsp3) is 0.278. The number of hydrogen-bond acceptors (Lipinski definition) is 4. The monoisotopic (exact) mass is 328 g/mol. The van der Waals surface area contributed by atoms with Gasteiger partial charge in [-0.1, -0.05) is 0 Å². The van der Waals surface area contributed by atoms with Crippen LogP contribution in [0.3, 0.4) is 0 Å². The minimum Gasteiger partial charge on any atom is -0.497 e. The number of fused-ring (bicyclic) bond motifs is 1. The van der Waals surface area contributed by atoms with Crippen molar-refractivity contribution in [2.45, 2.75) is 19.9 Å². The number of carbonyl (C=O) groups is 1. The summed E-state index contributed by atoms with van der Waals surface area (Å²) in [5, 5.41) is 3.76. The van der Waals surface area contributed by atoms with Crippen molar-refractivity contribution in [3.63, 3.8) is 0 Å². The highest BCUT2D eigenvalue weighted by Crippen LogP contribution is 2.31.